The van der Waals surface area contributed by atoms with Crippen molar-refractivity contribution in [2.45, 2.75) is 20.8 Å². The maximum atomic E-state index is 5.25. The van der Waals surface area contributed by atoms with Crippen LogP contribution in [0.1, 0.15) is 20.8 Å². The van der Waals surface area contributed by atoms with Gasteiger partial charge in [0.05, 0.1) is 0 Å². The third kappa shape index (κ3) is 11.5. The highest BCUT2D eigenvalue weighted by Gasteiger charge is 2.01. The lowest BCUT2D eigenvalue weighted by Gasteiger charge is -2.10. The van der Waals surface area contributed by atoms with Gasteiger partial charge >= 0.3 is 0 Å². The van der Waals surface area contributed by atoms with Crippen molar-refractivity contribution in [3.63, 3.8) is 0 Å². The lowest BCUT2D eigenvalue weighted by Crippen LogP contribution is -2.01. The Morgan fingerprint density at radius 2 is 1.78 bits per heavy atom. The zero-order chi connectivity index (χ0) is 6.62. The van der Waals surface area contributed by atoms with Gasteiger partial charge in [-0.15, -0.1) is 12.4 Å². The van der Waals surface area contributed by atoms with Crippen LogP contribution in [0.3, 0.4) is 0 Å². The number of nitrogens with two attached hydrogens (primary N) is 1. The Kier molecular flexibility index (Phi) is 6.30. The van der Waals surface area contributed by atoms with E-state index in [9.17, 15) is 0 Å². The average molecular weight is 150 g/mol. The summed E-state index contributed by atoms with van der Waals surface area (Å²) in [6.07, 6.45) is 4.10. The SMILES string of the molecule is CC(C)(C)/C=C/CN.Cl. The Bertz CT molecular complexity index is 81.4. The molecular formula is C7H16ClN. The van der Waals surface area contributed by atoms with Crippen LogP contribution in [0, 0.1) is 5.41 Å². The van der Waals surface area contributed by atoms with E-state index >= 15 is 0 Å². The van der Waals surface area contributed by atoms with Crippen molar-refractivity contribution >= 4 is 12.4 Å². The van der Waals surface area contributed by atoms with E-state index in [1.165, 1.54) is 0 Å². The van der Waals surface area contributed by atoms with Crippen molar-refractivity contribution < 1.29 is 0 Å². The van der Waals surface area contributed by atoms with Gasteiger partial charge < -0.3 is 5.73 Å². The van der Waals surface area contributed by atoms with Gasteiger partial charge in [-0.1, -0.05) is 32.9 Å². The van der Waals surface area contributed by atoms with Crippen LogP contribution < -0.4 is 5.73 Å². The fourth-order valence-corrected chi connectivity index (χ4v) is 0.422. The van der Waals surface area contributed by atoms with E-state index in [1.807, 2.05) is 6.08 Å². The molecule has 0 fully saturated rings. The molecule has 0 heterocycles. The van der Waals surface area contributed by atoms with Gasteiger partial charge in [0.25, 0.3) is 0 Å². The highest BCUT2D eigenvalue weighted by Crippen LogP contribution is 2.13. The summed E-state index contributed by atoms with van der Waals surface area (Å²) in [5, 5.41) is 0. The Labute approximate surface area is 63.7 Å². The lowest BCUT2D eigenvalue weighted by molar-refractivity contribution is 0.543. The minimum absolute atomic E-state index is 0. The zero-order valence-corrected chi connectivity index (χ0v) is 7.16. The van der Waals surface area contributed by atoms with Crippen LogP contribution in [0.15, 0.2) is 12.2 Å². The average Bonchev–Trinajstić information content (AvgIpc) is 1.59. The quantitative estimate of drug-likeness (QED) is 0.567. The van der Waals surface area contributed by atoms with Gasteiger partial charge in [-0.3, -0.25) is 0 Å². The number of hydrogen-bond acceptors (Lipinski definition) is 1. The Hall–Kier alpha value is -0.0100. The first-order chi connectivity index (χ1) is 3.56. The van der Waals surface area contributed by atoms with Gasteiger partial charge in [0.15, 0.2) is 0 Å². The van der Waals surface area contributed by atoms with Crippen molar-refractivity contribution in [1.29, 1.82) is 0 Å². The molecule has 0 atom stereocenters. The fourth-order valence-electron chi connectivity index (χ4n) is 0.422. The molecule has 0 spiro atoms. The molecule has 0 aliphatic heterocycles. The monoisotopic (exact) mass is 149 g/mol. The van der Waals surface area contributed by atoms with Gasteiger partial charge in [-0.2, -0.15) is 0 Å². The molecule has 0 amide bonds. The summed E-state index contributed by atoms with van der Waals surface area (Å²) in [7, 11) is 0. The molecule has 0 unspecified atom stereocenters. The molecule has 9 heavy (non-hydrogen) atoms. The topological polar surface area (TPSA) is 26.0 Å². The van der Waals surface area contributed by atoms with Crippen molar-refractivity contribution in [3.8, 4) is 0 Å². The van der Waals surface area contributed by atoms with Crippen LogP contribution in [0.4, 0.5) is 0 Å². The van der Waals surface area contributed by atoms with E-state index in [0.717, 1.165) is 0 Å². The van der Waals surface area contributed by atoms with E-state index in [-0.39, 0.29) is 12.4 Å². The highest BCUT2D eigenvalue weighted by molar-refractivity contribution is 5.85. The summed E-state index contributed by atoms with van der Waals surface area (Å²) < 4.78 is 0. The molecule has 0 aliphatic carbocycles. The van der Waals surface area contributed by atoms with Crippen LogP contribution in [0.5, 0.6) is 0 Å². The third-order valence-electron chi connectivity index (χ3n) is 0.754. The van der Waals surface area contributed by atoms with Crippen molar-refractivity contribution in [2.75, 3.05) is 6.54 Å². The van der Waals surface area contributed by atoms with E-state index in [2.05, 4.69) is 26.8 Å². The van der Waals surface area contributed by atoms with Gasteiger partial charge in [0.2, 0.25) is 0 Å². The molecule has 0 aliphatic rings. The molecule has 0 saturated carbocycles. The molecule has 0 radical (unpaired) electrons. The second kappa shape index (κ2) is 4.83. The summed E-state index contributed by atoms with van der Waals surface area (Å²) >= 11 is 0. The van der Waals surface area contributed by atoms with Crippen LogP contribution >= 0.6 is 12.4 Å². The summed E-state index contributed by atoms with van der Waals surface area (Å²) in [4.78, 5) is 0. The summed E-state index contributed by atoms with van der Waals surface area (Å²) in [6, 6.07) is 0. The molecular weight excluding hydrogens is 134 g/mol. The van der Waals surface area contributed by atoms with Gasteiger partial charge in [-0.05, 0) is 5.41 Å². The molecule has 2 heteroatoms. The summed E-state index contributed by atoms with van der Waals surface area (Å²) in [5.74, 6) is 0. The first-order valence-corrected chi connectivity index (χ1v) is 2.94. The third-order valence-corrected chi connectivity index (χ3v) is 0.754. The van der Waals surface area contributed by atoms with Crippen molar-refractivity contribution in [2.24, 2.45) is 11.1 Å². The Morgan fingerprint density at radius 1 is 1.33 bits per heavy atom. The minimum Gasteiger partial charge on any atom is -0.327 e. The van der Waals surface area contributed by atoms with E-state index < -0.39 is 0 Å². The molecule has 1 nitrogen and oxygen atoms in total. The largest absolute Gasteiger partial charge is 0.327 e. The molecule has 2 N–H and O–H groups in total. The maximum Gasteiger partial charge on any atom is 0.0107 e. The molecule has 56 valence electrons. The Morgan fingerprint density at radius 3 is 1.89 bits per heavy atom. The second-order valence-electron chi connectivity index (χ2n) is 3.00. The second-order valence-corrected chi connectivity index (χ2v) is 3.00. The van der Waals surface area contributed by atoms with Crippen molar-refractivity contribution in [1.82, 2.24) is 0 Å². The van der Waals surface area contributed by atoms with E-state index in [4.69, 9.17) is 5.73 Å². The summed E-state index contributed by atoms with van der Waals surface area (Å²) in [6.45, 7) is 7.11. The Balaban J connectivity index is 0. The zero-order valence-electron chi connectivity index (χ0n) is 6.35. The normalized spacial score (nSPS) is 11.6. The molecule has 0 bridgehead atoms. The predicted molar refractivity (Wildman–Crippen MR) is 44.9 cm³/mol. The first-order valence-electron chi connectivity index (χ1n) is 2.94. The van der Waals surface area contributed by atoms with Gasteiger partial charge in [-0.25, -0.2) is 0 Å². The standard InChI is InChI=1S/C7H15N.ClH/c1-7(2,3)5-4-6-8;/h4-5H,6,8H2,1-3H3;1H/b5-4+;. The van der Waals surface area contributed by atoms with Crippen LogP contribution in [-0.2, 0) is 0 Å². The van der Waals surface area contributed by atoms with Crippen molar-refractivity contribution in [3.05, 3.63) is 12.2 Å². The predicted octanol–water partition coefficient (Wildman–Crippen LogP) is 1.97. The van der Waals surface area contributed by atoms with Gasteiger partial charge in [0.1, 0.15) is 0 Å². The van der Waals surface area contributed by atoms with Crippen LogP contribution in [0.25, 0.3) is 0 Å². The highest BCUT2D eigenvalue weighted by atomic mass is 35.5. The van der Waals surface area contributed by atoms with E-state index in [0.29, 0.717) is 12.0 Å². The molecule has 0 rings (SSSR count). The number of hydrogen-bond donors (Lipinski definition) is 1. The number of halogens is 1. The molecule has 0 saturated heterocycles. The van der Waals surface area contributed by atoms with Crippen LogP contribution in [-0.4, -0.2) is 6.54 Å². The smallest absolute Gasteiger partial charge is 0.0107 e. The molecule has 0 aromatic rings. The fraction of sp³-hybridized carbons (Fsp3) is 0.714. The first kappa shape index (κ1) is 11.7. The minimum atomic E-state index is 0. The lowest BCUT2D eigenvalue weighted by atomic mass is 9.96. The maximum absolute atomic E-state index is 5.25. The van der Waals surface area contributed by atoms with E-state index in [1.54, 1.807) is 0 Å². The summed E-state index contributed by atoms with van der Waals surface area (Å²) in [5.41, 5.74) is 5.54. The number of allylic oxidation sites excluding steroid dienone is 1. The van der Waals surface area contributed by atoms with Gasteiger partial charge in [0, 0.05) is 6.54 Å². The number of rotatable bonds is 1. The van der Waals surface area contributed by atoms with Crippen LogP contribution in [0.2, 0.25) is 0 Å². The molecule has 0 aromatic heterocycles. The molecule has 0 aromatic carbocycles.